The smallest absolute Gasteiger partial charge is 0.261 e. The van der Waals surface area contributed by atoms with Gasteiger partial charge >= 0.3 is 0 Å². The molecule has 8 heteroatoms. The predicted molar refractivity (Wildman–Crippen MR) is 112 cm³/mol. The van der Waals surface area contributed by atoms with Crippen molar-refractivity contribution in [3.05, 3.63) is 77.5 Å². The summed E-state index contributed by atoms with van der Waals surface area (Å²) in [6.45, 7) is 3.66. The van der Waals surface area contributed by atoms with Gasteiger partial charge in [-0.25, -0.2) is 13.4 Å². The van der Waals surface area contributed by atoms with Gasteiger partial charge in [-0.05, 0) is 49.7 Å². The maximum absolute atomic E-state index is 12.7. The third-order valence-electron chi connectivity index (χ3n) is 4.27. The summed E-state index contributed by atoms with van der Waals surface area (Å²) in [5.41, 5.74) is 2.86. The summed E-state index contributed by atoms with van der Waals surface area (Å²) in [4.78, 5) is 16.7. The highest BCUT2D eigenvalue weighted by atomic mass is 32.2. The molecule has 0 aliphatic rings. The number of aromatic nitrogens is 1. The first-order valence-electron chi connectivity index (χ1n) is 8.80. The van der Waals surface area contributed by atoms with Gasteiger partial charge < -0.3 is 10.1 Å². The molecular formula is C21H21N3O4S. The normalized spacial score (nSPS) is 11.0. The minimum absolute atomic E-state index is 0.00156. The number of sulfonamides is 1. The van der Waals surface area contributed by atoms with Crippen LogP contribution in [-0.4, -0.2) is 26.4 Å². The minimum atomic E-state index is -3.84. The van der Waals surface area contributed by atoms with E-state index in [1.165, 1.54) is 25.4 Å². The topological polar surface area (TPSA) is 97.4 Å². The standard InChI is InChI=1S/C21H21N3O4S/c1-14-4-7-16(8-5-14)24-29(26,27)18-10-6-15(2)19(12-18)21(25)23-17-9-11-20(28-3)22-13-17/h4-13,24H,1-3H3,(H,23,25). The summed E-state index contributed by atoms with van der Waals surface area (Å²) in [7, 11) is -2.34. The summed E-state index contributed by atoms with van der Waals surface area (Å²) in [6.07, 6.45) is 1.46. The first-order valence-corrected chi connectivity index (χ1v) is 10.3. The largest absolute Gasteiger partial charge is 0.481 e. The third-order valence-corrected chi connectivity index (χ3v) is 5.65. The summed E-state index contributed by atoms with van der Waals surface area (Å²) < 4.78 is 33.0. The molecule has 2 N–H and O–H groups in total. The number of methoxy groups -OCH3 is 1. The van der Waals surface area contributed by atoms with Gasteiger partial charge in [0, 0.05) is 17.3 Å². The fourth-order valence-corrected chi connectivity index (χ4v) is 3.71. The number of hydrogen-bond donors (Lipinski definition) is 2. The van der Waals surface area contributed by atoms with E-state index in [-0.39, 0.29) is 10.5 Å². The number of ether oxygens (including phenoxy) is 1. The number of nitrogens with zero attached hydrogens (tertiary/aromatic N) is 1. The van der Waals surface area contributed by atoms with E-state index in [2.05, 4.69) is 15.0 Å². The molecule has 3 rings (SSSR count). The van der Waals surface area contributed by atoms with E-state index in [9.17, 15) is 13.2 Å². The molecule has 150 valence electrons. The Morgan fingerprint density at radius 3 is 2.28 bits per heavy atom. The molecule has 0 spiro atoms. The van der Waals surface area contributed by atoms with Gasteiger partial charge in [0.25, 0.3) is 15.9 Å². The van der Waals surface area contributed by atoms with Crippen LogP contribution in [0.5, 0.6) is 5.88 Å². The monoisotopic (exact) mass is 411 g/mol. The Morgan fingerprint density at radius 1 is 0.966 bits per heavy atom. The van der Waals surface area contributed by atoms with E-state index in [1.54, 1.807) is 37.3 Å². The third kappa shape index (κ3) is 4.91. The Kier molecular flexibility index (Phi) is 5.84. The van der Waals surface area contributed by atoms with Gasteiger partial charge in [0.05, 0.1) is 23.9 Å². The first kappa shape index (κ1) is 20.3. The van der Waals surface area contributed by atoms with Crippen LogP contribution < -0.4 is 14.8 Å². The van der Waals surface area contributed by atoms with Crippen LogP contribution in [0, 0.1) is 13.8 Å². The molecule has 0 bridgehead atoms. The summed E-state index contributed by atoms with van der Waals surface area (Å²) in [5.74, 6) is -0.00342. The van der Waals surface area contributed by atoms with Crippen molar-refractivity contribution in [1.82, 2.24) is 4.98 Å². The maximum atomic E-state index is 12.7. The Labute approximate surface area is 169 Å². The second-order valence-corrected chi connectivity index (χ2v) is 8.17. The van der Waals surface area contributed by atoms with Gasteiger partial charge in [-0.2, -0.15) is 0 Å². The van der Waals surface area contributed by atoms with Gasteiger partial charge in [-0.3, -0.25) is 9.52 Å². The second kappa shape index (κ2) is 8.32. The fourth-order valence-electron chi connectivity index (χ4n) is 2.62. The lowest BCUT2D eigenvalue weighted by Crippen LogP contribution is -2.17. The molecule has 0 saturated heterocycles. The number of benzene rings is 2. The average molecular weight is 411 g/mol. The Bertz CT molecular complexity index is 1130. The fraction of sp³-hybridized carbons (Fsp3) is 0.143. The maximum Gasteiger partial charge on any atom is 0.261 e. The number of hydrogen-bond acceptors (Lipinski definition) is 5. The van der Waals surface area contributed by atoms with Crippen molar-refractivity contribution >= 4 is 27.3 Å². The first-order chi connectivity index (χ1) is 13.8. The molecule has 0 fully saturated rings. The van der Waals surface area contributed by atoms with Crippen molar-refractivity contribution < 1.29 is 17.9 Å². The van der Waals surface area contributed by atoms with E-state index in [0.717, 1.165) is 5.56 Å². The second-order valence-electron chi connectivity index (χ2n) is 6.49. The number of pyridine rings is 1. The van der Waals surface area contributed by atoms with Crippen LogP contribution in [-0.2, 0) is 10.0 Å². The van der Waals surface area contributed by atoms with E-state index in [4.69, 9.17) is 4.74 Å². The highest BCUT2D eigenvalue weighted by Crippen LogP contribution is 2.21. The zero-order valence-corrected chi connectivity index (χ0v) is 17.1. The van der Waals surface area contributed by atoms with Gasteiger partial charge in [0.15, 0.2) is 0 Å². The lowest BCUT2D eigenvalue weighted by molar-refractivity contribution is 0.102. The van der Waals surface area contributed by atoms with E-state index in [0.29, 0.717) is 22.8 Å². The van der Waals surface area contributed by atoms with Crippen LogP contribution in [0.15, 0.2) is 65.7 Å². The van der Waals surface area contributed by atoms with Gasteiger partial charge in [0.1, 0.15) is 0 Å². The lowest BCUT2D eigenvalue weighted by atomic mass is 10.1. The molecule has 29 heavy (non-hydrogen) atoms. The number of anilines is 2. The van der Waals surface area contributed by atoms with Crippen molar-refractivity contribution in [2.45, 2.75) is 18.7 Å². The van der Waals surface area contributed by atoms with Crippen molar-refractivity contribution in [3.8, 4) is 5.88 Å². The molecule has 0 saturated carbocycles. The molecule has 2 aromatic carbocycles. The molecule has 3 aromatic rings. The summed E-state index contributed by atoms with van der Waals surface area (Å²) >= 11 is 0. The number of aryl methyl sites for hydroxylation is 2. The number of carbonyl (C=O) groups excluding carboxylic acids is 1. The highest BCUT2D eigenvalue weighted by Gasteiger charge is 2.18. The van der Waals surface area contributed by atoms with Crippen molar-refractivity contribution in [3.63, 3.8) is 0 Å². The van der Waals surface area contributed by atoms with Crippen LogP contribution in [0.2, 0.25) is 0 Å². The van der Waals surface area contributed by atoms with Crippen LogP contribution in [0.1, 0.15) is 21.5 Å². The zero-order valence-electron chi connectivity index (χ0n) is 16.3. The Hall–Kier alpha value is -3.39. The number of amides is 1. The van der Waals surface area contributed by atoms with Gasteiger partial charge in [-0.15, -0.1) is 0 Å². The molecular weight excluding hydrogens is 390 g/mol. The van der Waals surface area contributed by atoms with Crippen molar-refractivity contribution in [2.24, 2.45) is 0 Å². The molecule has 7 nitrogen and oxygen atoms in total. The van der Waals surface area contributed by atoms with Gasteiger partial charge in [-0.1, -0.05) is 23.8 Å². The van der Waals surface area contributed by atoms with E-state index in [1.807, 2.05) is 19.1 Å². The molecule has 0 unspecified atom stereocenters. The minimum Gasteiger partial charge on any atom is -0.481 e. The van der Waals surface area contributed by atoms with E-state index >= 15 is 0 Å². The molecule has 0 radical (unpaired) electrons. The number of carbonyl (C=O) groups is 1. The van der Waals surface area contributed by atoms with Crippen LogP contribution >= 0.6 is 0 Å². The number of nitrogens with one attached hydrogen (secondary N) is 2. The molecule has 0 aliphatic carbocycles. The van der Waals surface area contributed by atoms with Crippen LogP contribution in [0.3, 0.4) is 0 Å². The summed E-state index contributed by atoms with van der Waals surface area (Å²) in [6, 6.07) is 14.7. The molecule has 1 amide bonds. The SMILES string of the molecule is COc1ccc(NC(=O)c2cc(S(=O)(=O)Nc3ccc(C)cc3)ccc2C)cn1. The average Bonchev–Trinajstić information content (AvgIpc) is 2.70. The molecule has 0 aliphatic heterocycles. The van der Waals surface area contributed by atoms with Gasteiger partial charge in [0.2, 0.25) is 5.88 Å². The lowest BCUT2D eigenvalue weighted by Gasteiger charge is -2.12. The Morgan fingerprint density at radius 2 is 1.66 bits per heavy atom. The predicted octanol–water partition coefficient (Wildman–Crippen LogP) is 3.76. The number of rotatable bonds is 6. The zero-order chi connectivity index (χ0) is 21.0. The summed E-state index contributed by atoms with van der Waals surface area (Å²) in [5, 5.41) is 2.71. The molecule has 1 heterocycles. The molecule has 0 atom stereocenters. The van der Waals surface area contributed by atoms with Crippen LogP contribution in [0.4, 0.5) is 11.4 Å². The van der Waals surface area contributed by atoms with Crippen LogP contribution in [0.25, 0.3) is 0 Å². The quantitative estimate of drug-likeness (QED) is 0.644. The van der Waals surface area contributed by atoms with Crippen molar-refractivity contribution in [2.75, 3.05) is 17.1 Å². The van der Waals surface area contributed by atoms with Crippen molar-refractivity contribution in [1.29, 1.82) is 0 Å². The molecule has 1 aromatic heterocycles. The Balaban J connectivity index is 1.84. The highest BCUT2D eigenvalue weighted by molar-refractivity contribution is 7.92. The van der Waals surface area contributed by atoms with E-state index < -0.39 is 15.9 Å².